The van der Waals surface area contributed by atoms with E-state index in [1.54, 1.807) is 6.20 Å². The van der Waals surface area contributed by atoms with Crippen molar-refractivity contribution in [3.05, 3.63) is 36.8 Å². The summed E-state index contributed by atoms with van der Waals surface area (Å²) in [5, 5.41) is 3.72. The van der Waals surface area contributed by atoms with Gasteiger partial charge in [0.1, 0.15) is 18.2 Å². The molecule has 0 saturated carbocycles. The Morgan fingerprint density at radius 3 is 3.12 bits per heavy atom. The molecule has 0 aliphatic carbocycles. The van der Waals surface area contributed by atoms with Crippen LogP contribution in [0.5, 0.6) is 5.75 Å². The van der Waals surface area contributed by atoms with E-state index in [0.29, 0.717) is 31.2 Å². The zero-order valence-corrected chi connectivity index (χ0v) is 14.4. The lowest BCUT2D eigenvalue weighted by Gasteiger charge is -2.16. The predicted molar refractivity (Wildman–Crippen MR) is 95.7 cm³/mol. The van der Waals surface area contributed by atoms with Gasteiger partial charge < -0.3 is 19.7 Å². The van der Waals surface area contributed by atoms with Gasteiger partial charge >= 0.3 is 0 Å². The number of nitrogens with one attached hydrogen (secondary N) is 1. The Morgan fingerprint density at radius 2 is 2.36 bits per heavy atom. The van der Waals surface area contributed by atoms with Gasteiger partial charge in [0.25, 0.3) is 0 Å². The Kier molecular flexibility index (Phi) is 5.57. The molecule has 1 saturated heterocycles. The third-order valence-electron chi connectivity index (χ3n) is 3.79. The lowest BCUT2D eigenvalue weighted by molar-refractivity contribution is -0.111. The topological polar surface area (TPSA) is 76.6 Å². The molecule has 1 aromatic carbocycles. The number of nitrogens with zero attached hydrogens (tertiary/aromatic N) is 3. The summed E-state index contributed by atoms with van der Waals surface area (Å²) < 4.78 is 11.4. The molecule has 0 spiro atoms. The number of fused-ring (bicyclic) bond motifs is 1. The monoisotopic (exact) mass is 342 g/mol. The molecule has 2 aromatic rings. The van der Waals surface area contributed by atoms with Crippen molar-refractivity contribution in [2.45, 2.75) is 12.5 Å². The molecule has 1 aliphatic rings. The standard InChI is InChI=1S/C18H22N4O3/c1-22(2)6-3-4-18(23)21-16-8-13-10-19-12-20-15(13)9-17(16)25-14-5-7-24-11-14/h3-4,8-10,12,14H,5-7,11H2,1-2H3,(H,21,23)/t14-/m0/s1. The molecule has 1 amide bonds. The Bertz CT molecular complexity index is 770. The van der Waals surface area contributed by atoms with Crippen molar-refractivity contribution in [2.24, 2.45) is 0 Å². The maximum absolute atomic E-state index is 12.2. The summed E-state index contributed by atoms with van der Waals surface area (Å²) in [4.78, 5) is 22.5. The average Bonchev–Trinajstić information content (AvgIpc) is 3.08. The first kappa shape index (κ1) is 17.3. The quantitative estimate of drug-likeness (QED) is 0.808. The normalized spacial score (nSPS) is 17.5. The lowest BCUT2D eigenvalue weighted by Crippen LogP contribution is -2.18. The van der Waals surface area contributed by atoms with E-state index in [2.05, 4.69) is 15.3 Å². The van der Waals surface area contributed by atoms with Gasteiger partial charge in [0.15, 0.2) is 0 Å². The van der Waals surface area contributed by atoms with Crippen molar-refractivity contribution >= 4 is 22.5 Å². The van der Waals surface area contributed by atoms with Gasteiger partial charge in [-0.25, -0.2) is 9.97 Å². The van der Waals surface area contributed by atoms with Crippen LogP contribution >= 0.6 is 0 Å². The molecule has 7 heteroatoms. The molecule has 0 radical (unpaired) electrons. The fraction of sp³-hybridized carbons (Fsp3) is 0.389. The van der Waals surface area contributed by atoms with Crippen molar-refractivity contribution in [3.63, 3.8) is 0 Å². The Morgan fingerprint density at radius 1 is 1.48 bits per heavy atom. The third-order valence-corrected chi connectivity index (χ3v) is 3.79. The van der Waals surface area contributed by atoms with E-state index < -0.39 is 0 Å². The van der Waals surface area contributed by atoms with Crippen LogP contribution in [0.25, 0.3) is 10.9 Å². The van der Waals surface area contributed by atoms with E-state index in [-0.39, 0.29) is 12.0 Å². The van der Waals surface area contributed by atoms with Crippen LogP contribution in [0.3, 0.4) is 0 Å². The summed E-state index contributed by atoms with van der Waals surface area (Å²) >= 11 is 0. The number of carbonyl (C=O) groups excluding carboxylic acids is 1. The first-order valence-corrected chi connectivity index (χ1v) is 8.22. The molecule has 2 heterocycles. The van der Waals surface area contributed by atoms with Crippen molar-refractivity contribution in [2.75, 3.05) is 39.2 Å². The number of amides is 1. The van der Waals surface area contributed by atoms with E-state index in [0.717, 1.165) is 17.3 Å². The second kappa shape index (κ2) is 8.04. The molecular weight excluding hydrogens is 320 g/mol. The van der Waals surface area contributed by atoms with Crippen molar-refractivity contribution in [3.8, 4) is 5.75 Å². The van der Waals surface area contributed by atoms with Crippen LogP contribution in [0, 0.1) is 0 Å². The van der Waals surface area contributed by atoms with E-state index in [9.17, 15) is 4.79 Å². The maximum atomic E-state index is 12.2. The molecule has 0 bridgehead atoms. The fourth-order valence-electron chi connectivity index (χ4n) is 2.54. The number of hydrogen-bond acceptors (Lipinski definition) is 6. The van der Waals surface area contributed by atoms with Gasteiger partial charge in [-0.3, -0.25) is 4.79 Å². The van der Waals surface area contributed by atoms with Gasteiger partial charge in [0.2, 0.25) is 5.91 Å². The van der Waals surface area contributed by atoms with Crippen LogP contribution < -0.4 is 10.1 Å². The van der Waals surface area contributed by atoms with E-state index >= 15 is 0 Å². The lowest BCUT2D eigenvalue weighted by atomic mass is 10.2. The summed E-state index contributed by atoms with van der Waals surface area (Å²) in [5.41, 5.74) is 1.37. The average molecular weight is 342 g/mol. The summed E-state index contributed by atoms with van der Waals surface area (Å²) in [6.07, 6.45) is 7.35. The number of benzene rings is 1. The molecule has 7 nitrogen and oxygen atoms in total. The highest BCUT2D eigenvalue weighted by molar-refractivity contribution is 6.02. The summed E-state index contributed by atoms with van der Waals surface area (Å²) in [7, 11) is 3.89. The zero-order valence-electron chi connectivity index (χ0n) is 14.4. The van der Waals surface area contributed by atoms with Crippen LogP contribution in [-0.4, -0.2) is 60.7 Å². The summed E-state index contributed by atoms with van der Waals surface area (Å²) in [6, 6.07) is 3.66. The Labute approximate surface area is 146 Å². The number of anilines is 1. The number of ether oxygens (including phenoxy) is 2. The van der Waals surface area contributed by atoms with Gasteiger partial charge in [-0.05, 0) is 20.2 Å². The largest absolute Gasteiger partial charge is 0.486 e. The van der Waals surface area contributed by atoms with Crippen LogP contribution in [0.4, 0.5) is 5.69 Å². The molecule has 1 fully saturated rings. The molecule has 3 rings (SSSR count). The van der Waals surface area contributed by atoms with Crippen molar-refractivity contribution in [1.29, 1.82) is 0 Å². The van der Waals surface area contributed by atoms with E-state index in [4.69, 9.17) is 9.47 Å². The van der Waals surface area contributed by atoms with E-state index in [1.165, 1.54) is 12.4 Å². The minimum Gasteiger partial charge on any atom is -0.486 e. The third kappa shape index (κ3) is 4.74. The van der Waals surface area contributed by atoms with Crippen LogP contribution in [0.15, 0.2) is 36.8 Å². The van der Waals surface area contributed by atoms with Crippen LogP contribution in [0.1, 0.15) is 6.42 Å². The highest BCUT2D eigenvalue weighted by Gasteiger charge is 2.19. The second-order valence-electron chi connectivity index (χ2n) is 6.19. The minimum atomic E-state index is -0.203. The molecule has 0 unspecified atom stereocenters. The number of carbonyl (C=O) groups is 1. The first-order chi connectivity index (χ1) is 12.1. The molecule has 1 aromatic heterocycles. The van der Waals surface area contributed by atoms with Crippen molar-refractivity contribution < 1.29 is 14.3 Å². The van der Waals surface area contributed by atoms with Gasteiger partial charge in [-0.2, -0.15) is 0 Å². The fourth-order valence-corrected chi connectivity index (χ4v) is 2.54. The highest BCUT2D eigenvalue weighted by Crippen LogP contribution is 2.31. The first-order valence-electron chi connectivity index (χ1n) is 8.22. The summed E-state index contributed by atoms with van der Waals surface area (Å²) in [6.45, 7) is 1.94. The van der Waals surface area contributed by atoms with Crippen LogP contribution in [-0.2, 0) is 9.53 Å². The number of rotatable bonds is 6. The van der Waals surface area contributed by atoms with Crippen molar-refractivity contribution in [1.82, 2.24) is 14.9 Å². The van der Waals surface area contributed by atoms with Gasteiger partial charge in [-0.1, -0.05) is 6.08 Å². The number of aromatic nitrogens is 2. The SMILES string of the molecule is CN(C)CC=CC(=O)Nc1cc2cncnc2cc1O[C@H]1CCOC1. The molecular formula is C18H22N4O3. The second-order valence-corrected chi connectivity index (χ2v) is 6.19. The highest BCUT2D eigenvalue weighted by atomic mass is 16.5. The number of hydrogen-bond donors (Lipinski definition) is 1. The van der Waals surface area contributed by atoms with Gasteiger partial charge in [-0.15, -0.1) is 0 Å². The molecule has 1 N–H and O–H groups in total. The molecule has 1 atom stereocenters. The maximum Gasteiger partial charge on any atom is 0.248 e. The summed E-state index contributed by atoms with van der Waals surface area (Å²) in [5.74, 6) is 0.390. The molecule has 1 aliphatic heterocycles. The van der Waals surface area contributed by atoms with Gasteiger partial charge in [0, 0.05) is 36.7 Å². The van der Waals surface area contributed by atoms with Gasteiger partial charge in [0.05, 0.1) is 24.4 Å². The Hall–Kier alpha value is -2.51. The number of likely N-dealkylation sites (N-methyl/N-ethyl adjacent to an activating group) is 1. The minimum absolute atomic E-state index is 0.0146. The smallest absolute Gasteiger partial charge is 0.248 e. The molecule has 132 valence electrons. The zero-order chi connectivity index (χ0) is 17.6. The molecule has 25 heavy (non-hydrogen) atoms. The van der Waals surface area contributed by atoms with Crippen LogP contribution in [0.2, 0.25) is 0 Å². The Balaban J connectivity index is 1.82. The van der Waals surface area contributed by atoms with E-state index in [1.807, 2.05) is 37.2 Å². The predicted octanol–water partition coefficient (Wildman–Crippen LogP) is 1.85.